The molecule has 0 aromatic carbocycles. The summed E-state index contributed by atoms with van der Waals surface area (Å²) in [6, 6.07) is 5.88. The Morgan fingerprint density at radius 1 is 0.431 bits per heavy atom. The van der Waals surface area contributed by atoms with Gasteiger partial charge >= 0.3 is 0 Å². The Hall–Kier alpha value is 6.77. The van der Waals surface area contributed by atoms with Gasteiger partial charge in [0.1, 0.15) is 5.15 Å². The molecular formula is C12H13ClN2S36. The van der Waals surface area contributed by atoms with E-state index in [1.807, 2.05) is 196 Å². The molecule has 0 bridgehead atoms. The molecule has 2 aromatic rings. The zero-order valence-corrected chi connectivity index (χ0v) is 53.9. The van der Waals surface area contributed by atoms with E-state index in [1.165, 1.54) is 17.8 Å². The van der Waals surface area contributed by atoms with Crippen LogP contribution < -0.4 is 0 Å². The second kappa shape index (κ2) is 42.1. The topological polar surface area (TPSA) is 25.8 Å². The summed E-state index contributed by atoms with van der Waals surface area (Å²) in [7, 11) is 60.1. The number of fused-ring (bicyclic) bond motifs is 1. The first-order valence-corrected chi connectivity index (χ1v) is 57.8. The molecule has 0 amide bonds. The summed E-state index contributed by atoms with van der Waals surface area (Å²) in [6.07, 6.45) is 1.68. The van der Waals surface area contributed by atoms with Gasteiger partial charge in [-0.2, -0.15) is 0 Å². The van der Waals surface area contributed by atoms with E-state index in [1.54, 1.807) is 113 Å². The van der Waals surface area contributed by atoms with Crippen molar-refractivity contribution < 1.29 is 0 Å². The highest BCUT2D eigenvalue weighted by Crippen LogP contribution is 2.25. The molecule has 0 unspecified atom stereocenters. The Labute approximate surface area is 408 Å². The van der Waals surface area contributed by atoms with E-state index in [0.717, 1.165) is 16.6 Å². The van der Waals surface area contributed by atoms with E-state index in [0.29, 0.717) is 5.15 Å². The van der Waals surface area contributed by atoms with Gasteiger partial charge in [-0.25, -0.2) is 4.98 Å². The van der Waals surface area contributed by atoms with Crippen LogP contribution in [0, 0.1) is 0 Å². The van der Waals surface area contributed by atoms with Crippen molar-refractivity contribution in [1.29, 1.82) is 0 Å². The molecule has 0 N–H and O–H groups in total. The SMILES string of the molecule is CC(C)(C)c1ccc2c(Cl)nccc2n1.S=S=S=S=S=S=S=S=S=S=S=S=S=S=S=S=S=S=S=S=S=S=S=S=S=S=S=S=S=S=S=S=S=S=S=S. The summed E-state index contributed by atoms with van der Waals surface area (Å²) >= 11 is 15.6. The average Bonchev–Trinajstić information content (AvgIpc) is 3.12. The van der Waals surface area contributed by atoms with Crippen molar-refractivity contribution in [2.45, 2.75) is 26.2 Å². The second-order valence-corrected chi connectivity index (χ2v) is 67.4. The van der Waals surface area contributed by atoms with Gasteiger partial charge in [0, 0.05) is 347 Å². The third kappa shape index (κ3) is 36.0. The maximum Gasteiger partial charge on any atom is 0.138 e. The van der Waals surface area contributed by atoms with Crippen molar-refractivity contribution >= 4 is 347 Å². The van der Waals surface area contributed by atoms with Crippen LogP contribution in [0.4, 0.5) is 0 Å². The standard InChI is InChI=1S/C12H13ClN2.S36/c1-12(2,3)10-5-4-8-9(15-10)6-7-14-11(8)13;1-3-5-7-9-11-13-15-17-19-21-23-25-27-29-31-33-35-36-34-32-30-28-26-24-22-20-18-16-14-12-10-8-6-4-2/h4-7H,1-3H3;. The normalized spacial score (nSPS) is 8.94. The molecule has 0 aliphatic heterocycles. The van der Waals surface area contributed by atoms with Crippen LogP contribution in [0.2, 0.25) is 5.15 Å². The van der Waals surface area contributed by atoms with Crippen molar-refractivity contribution in [1.82, 2.24) is 9.97 Å². The Kier molecular flexibility index (Phi) is 46.0. The lowest BCUT2D eigenvalue weighted by Crippen LogP contribution is -2.13. The van der Waals surface area contributed by atoms with Crippen LogP contribution >= 0.6 is 11.6 Å². The Bertz CT molecular complexity index is 2970. The fourth-order valence-corrected chi connectivity index (χ4v) is 89.8. The second-order valence-electron chi connectivity index (χ2n) is 6.93. The minimum absolute atomic E-state index is 0.0595. The smallest absolute Gasteiger partial charge is 0.138 e. The molecule has 51 heavy (non-hydrogen) atoms. The van der Waals surface area contributed by atoms with E-state index in [2.05, 4.69) is 30.7 Å². The average molecular weight is 1380 g/mol. The van der Waals surface area contributed by atoms with Gasteiger partial charge in [0.2, 0.25) is 0 Å². The summed E-state index contributed by atoms with van der Waals surface area (Å²) in [5, 5.41) is 1.42. The van der Waals surface area contributed by atoms with Crippen molar-refractivity contribution in [2.24, 2.45) is 0 Å². The summed E-state index contributed by atoms with van der Waals surface area (Å²) in [4.78, 5) is 8.61. The van der Waals surface area contributed by atoms with E-state index in [9.17, 15) is 0 Å². The monoisotopic (exact) mass is 1370 g/mol. The molecule has 39 heteroatoms. The lowest BCUT2D eigenvalue weighted by molar-refractivity contribution is 0.571. The molecule has 0 saturated carbocycles. The fraction of sp³-hybridized carbons (Fsp3) is 0.333. The minimum Gasteiger partial charge on any atom is -0.252 e. The molecule has 294 valence electrons. The van der Waals surface area contributed by atoms with Crippen LogP contribution in [0.1, 0.15) is 26.5 Å². The Morgan fingerprint density at radius 3 is 0.961 bits per heavy atom. The Morgan fingerprint density at radius 2 is 0.706 bits per heavy atom. The van der Waals surface area contributed by atoms with Crippen LogP contribution in [-0.2, 0) is 330 Å². The number of aromatic nitrogens is 2. The number of rotatable bonds is 0. The maximum atomic E-state index is 5.97. The first kappa shape index (κ1) is 55.8. The van der Waals surface area contributed by atoms with Gasteiger partial charge in [-0.15, -0.1) is 0 Å². The van der Waals surface area contributed by atoms with Gasteiger partial charge in [0.15, 0.2) is 0 Å². The highest BCUT2D eigenvalue weighted by atomic mass is 35.5. The quantitative estimate of drug-likeness (QED) is 0.378. The maximum absolute atomic E-state index is 5.97. The molecule has 0 atom stereocenters. The van der Waals surface area contributed by atoms with E-state index < -0.39 is 0 Å². The first-order valence-electron chi connectivity index (χ1n) is 10.7. The number of nitrogens with zero attached hydrogens (tertiary/aromatic N) is 2. The molecule has 2 aromatic heterocycles. The van der Waals surface area contributed by atoms with Crippen molar-refractivity contribution in [2.75, 3.05) is 0 Å². The summed E-state index contributed by atoms with van der Waals surface area (Å²) in [6.45, 7) is 6.43. The number of pyridine rings is 2. The largest absolute Gasteiger partial charge is 0.252 e. The van der Waals surface area contributed by atoms with Crippen LogP contribution in [0.15, 0.2) is 24.4 Å². The number of hydrogen-bond acceptors (Lipinski definition) is 4. The molecule has 0 spiro atoms. The van der Waals surface area contributed by atoms with Crippen molar-refractivity contribution in [3.8, 4) is 0 Å². The van der Waals surface area contributed by atoms with Crippen molar-refractivity contribution in [3.63, 3.8) is 0 Å². The van der Waals surface area contributed by atoms with Crippen LogP contribution in [0.25, 0.3) is 10.9 Å². The van der Waals surface area contributed by atoms with Gasteiger partial charge in [-0.05, 0) is 18.2 Å². The van der Waals surface area contributed by atoms with E-state index in [4.69, 9.17) is 34.0 Å². The molecule has 0 fully saturated rings. The summed E-state index contributed by atoms with van der Waals surface area (Å²) in [5.74, 6) is 0. The predicted octanol–water partition coefficient (Wildman–Crippen LogP) is 3.49. The summed E-state index contributed by atoms with van der Waals surface area (Å²) < 4.78 is 0. The molecular weight excluding hydrogens is 1360 g/mol. The Balaban J connectivity index is 0.000000708. The highest BCUT2D eigenvalue weighted by Gasteiger charge is 2.15. The lowest BCUT2D eigenvalue weighted by atomic mass is 9.91. The van der Waals surface area contributed by atoms with Crippen LogP contribution in [0.5, 0.6) is 0 Å². The first-order chi connectivity index (χ1) is 24.9. The number of halogens is 1. The van der Waals surface area contributed by atoms with Gasteiger partial charge in [0.25, 0.3) is 0 Å². The van der Waals surface area contributed by atoms with Gasteiger partial charge in [-0.1, -0.05) is 32.4 Å². The van der Waals surface area contributed by atoms with Crippen LogP contribution in [0.3, 0.4) is 0 Å². The van der Waals surface area contributed by atoms with E-state index >= 15 is 0 Å². The molecule has 0 saturated heterocycles. The van der Waals surface area contributed by atoms with Crippen molar-refractivity contribution in [3.05, 3.63) is 35.2 Å². The third-order valence-electron chi connectivity index (χ3n) is 3.25. The number of hydrogen-bond donors (Lipinski definition) is 0. The van der Waals surface area contributed by atoms with E-state index in [-0.39, 0.29) is 5.41 Å². The zero-order valence-electron chi connectivity index (χ0n) is 23.8. The molecule has 0 radical (unpaired) electrons. The highest BCUT2D eigenvalue weighted by molar-refractivity contribution is 8.80. The summed E-state index contributed by atoms with van der Waals surface area (Å²) in [5.41, 5.74) is 2.03. The molecule has 2 nitrogen and oxygen atoms in total. The molecule has 2 rings (SSSR count). The van der Waals surface area contributed by atoms with Gasteiger partial charge in [-0.3, -0.25) is 4.98 Å². The zero-order chi connectivity index (χ0) is 37.1. The lowest BCUT2D eigenvalue weighted by Gasteiger charge is -2.17. The predicted molar refractivity (Wildman–Crippen MR) is 328 cm³/mol. The van der Waals surface area contributed by atoms with Gasteiger partial charge in [0.05, 0.1) is 5.52 Å². The molecule has 2 heterocycles. The van der Waals surface area contributed by atoms with Gasteiger partial charge < -0.3 is 0 Å². The molecule has 0 aliphatic carbocycles. The fourth-order valence-electron chi connectivity index (χ4n) is 1.80. The molecule has 0 aliphatic rings. The third-order valence-corrected chi connectivity index (χ3v) is 76.9. The minimum atomic E-state index is 0.0595. The van der Waals surface area contributed by atoms with Crippen LogP contribution in [-0.4, -0.2) is 9.97 Å².